The Morgan fingerprint density at radius 2 is 1.12 bits per heavy atom. The van der Waals surface area contributed by atoms with Gasteiger partial charge in [0, 0.05) is 65.4 Å². The molecular formula is C34H45Cl2NO3Y-2. The van der Waals surface area contributed by atoms with E-state index in [9.17, 15) is 0 Å². The average molecular weight is 676 g/mol. The van der Waals surface area contributed by atoms with Crippen molar-refractivity contribution in [1.29, 1.82) is 0 Å². The molecule has 2 aliphatic rings. The largest absolute Gasteiger partial charge is 1.00 e. The third kappa shape index (κ3) is 15.2. The number of hydrogen-bond donors (Lipinski definition) is 0. The molecule has 4 nitrogen and oxygen atoms in total. The number of hydrogen-bond acceptors (Lipinski definition) is 4. The zero-order valence-corrected chi connectivity index (χ0v) is 29.5. The molecule has 3 aromatic rings. The van der Waals surface area contributed by atoms with Crippen molar-refractivity contribution in [3.05, 3.63) is 94.0 Å². The number of aryl methyl sites for hydroxylation is 4. The predicted octanol–water partition coefficient (Wildman–Crippen LogP) is 2.63. The molecule has 7 heteroatoms. The van der Waals surface area contributed by atoms with Crippen molar-refractivity contribution in [3.8, 4) is 5.75 Å². The fourth-order valence-corrected chi connectivity index (χ4v) is 4.47. The Bertz CT molecular complexity index is 1070. The molecule has 2 aliphatic heterocycles. The summed E-state index contributed by atoms with van der Waals surface area (Å²) >= 11 is 0. The van der Waals surface area contributed by atoms with E-state index in [1.165, 1.54) is 49.7 Å². The molecule has 5 rings (SSSR count). The first-order chi connectivity index (χ1) is 18.5. The summed E-state index contributed by atoms with van der Waals surface area (Å²) in [6, 6.07) is 20.8. The van der Waals surface area contributed by atoms with Crippen LogP contribution in [0.4, 0.5) is 5.69 Å². The van der Waals surface area contributed by atoms with Crippen LogP contribution in [0, 0.1) is 27.7 Å². The van der Waals surface area contributed by atoms with Crippen LogP contribution < -0.4 is 29.6 Å². The summed E-state index contributed by atoms with van der Waals surface area (Å²) in [6.07, 6.45) is 9.79. The molecule has 41 heavy (non-hydrogen) atoms. The third-order valence-corrected chi connectivity index (χ3v) is 6.68. The van der Waals surface area contributed by atoms with E-state index >= 15 is 0 Å². The van der Waals surface area contributed by atoms with Gasteiger partial charge in [-0.2, -0.15) is 0 Å². The van der Waals surface area contributed by atoms with Crippen LogP contribution in [0.1, 0.15) is 71.9 Å². The first-order valence-corrected chi connectivity index (χ1v) is 14.1. The van der Waals surface area contributed by atoms with E-state index in [0.29, 0.717) is 6.61 Å². The first kappa shape index (κ1) is 39.7. The van der Waals surface area contributed by atoms with Crippen molar-refractivity contribution in [2.24, 2.45) is 4.99 Å². The molecule has 0 unspecified atom stereocenters. The van der Waals surface area contributed by atoms with E-state index in [1.807, 2.05) is 6.21 Å². The molecule has 3 aromatic carbocycles. The molecule has 1 radical (unpaired) electrons. The van der Waals surface area contributed by atoms with E-state index < -0.39 is 0 Å². The van der Waals surface area contributed by atoms with Gasteiger partial charge < -0.3 is 39.0 Å². The van der Waals surface area contributed by atoms with Crippen molar-refractivity contribution in [2.45, 2.75) is 72.8 Å². The molecule has 0 bridgehead atoms. The first-order valence-electron chi connectivity index (χ1n) is 14.1. The van der Waals surface area contributed by atoms with Crippen LogP contribution in [0.25, 0.3) is 0 Å². The van der Waals surface area contributed by atoms with Gasteiger partial charge in [-0.3, -0.25) is 4.99 Å². The maximum atomic E-state index is 6.07. The van der Waals surface area contributed by atoms with Gasteiger partial charge in [0.2, 0.25) is 0 Å². The zero-order chi connectivity index (χ0) is 27.0. The minimum Gasteiger partial charge on any atom is -1.00 e. The van der Waals surface area contributed by atoms with Gasteiger partial charge in [0.05, 0.1) is 5.69 Å². The van der Waals surface area contributed by atoms with Gasteiger partial charge in [0.25, 0.3) is 0 Å². The molecule has 0 spiro atoms. The van der Waals surface area contributed by atoms with Crippen molar-refractivity contribution in [2.75, 3.05) is 26.4 Å². The van der Waals surface area contributed by atoms with Crippen LogP contribution in [-0.4, -0.2) is 32.6 Å². The van der Waals surface area contributed by atoms with E-state index in [0.717, 1.165) is 60.1 Å². The number of nitrogens with zero attached hydrogens (tertiary/aromatic N) is 1. The SMILES string of the molecule is C1CCOCC1.C1CCOCC1.Cc1cccc(C)c1N=Cc1cccc(COc2c(C)cccc2C)c1.[Cl-].[Cl-].[Y]. The number of benzene rings is 3. The molecule has 2 fully saturated rings. The van der Waals surface area contributed by atoms with Gasteiger partial charge in [-0.25, -0.2) is 0 Å². The second-order valence-electron chi connectivity index (χ2n) is 10.1. The van der Waals surface area contributed by atoms with Crippen molar-refractivity contribution >= 4 is 11.9 Å². The van der Waals surface area contributed by atoms with Crippen LogP contribution in [0.3, 0.4) is 0 Å². The van der Waals surface area contributed by atoms with Gasteiger partial charge in [0.1, 0.15) is 12.4 Å². The summed E-state index contributed by atoms with van der Waals surface area (Å²) in [5.41, 5.74) is 7.97. The average Bonchev–Trinajstić information content (AvgIpc) is 2.95. The summed E-state index contributed by atoms with van der Waals surface area (Å²) in [4.78, 5) is 4.70. The summed E-state index contributed by atoms with van der Waals surface area (Å²) in [5.74, 6) is 0.974. The van der Waals surface area contributed by atoms with Crippen LogP contribution in [0.2, 0.25) is 0 Å². The van der Waals surface area contributed by atoms with Gasteiger partial charge in [-0.15, -0.1) is 0 Å². The van der Waals surface area contributed by atoms with Crippen molar-refractivity contribution in [1.82, 2.24) is 0 Å². The Morgan fingerprint density at radius 3 is 1.56 bits per heavy atom. The third-order valence-electron chi connectivity index (χ3n) is 6.68. The van der Waals surface area contributed by atoms with Gasteiger partial charge in [-0.1, -0.05) is 54.6 Å². The molecule has 0 amide bonds. The standard InChI is InChI=1S/C24H25NO.2C5H10O.2ClH.Y/c1-17-8-5-9-18(2)23(17)25-15-21-12-7-13-22(14-21)16-26-24-19(3)10-6-11-20(24)4;2*1-2-4-6-5-3-1;;;/h5-15H,16H2,1-4H3;2*1-5H2;2*1H;/p-2. The molecule has 2 heterocycles. The fraction of sp³-hybridized carbons (Fsp3) is 0.441. The second-order valence-corrected chi connectivity index (χ2v) is 10.1. The van der Waals surface area contributed by atoms with E-state index in [4.69, 9.17) is 19.2 Å². The topological polar surface area (TPSA) is 40.0 Å². The van der Waals surface area contributed by atoms with Crippen molar-refractivity contribution in [3.63, 3.8) is 0 Å². The van der Waals surface area contributed by atoms with Gasteiger partial charge in [0.15, 0.2) is 0 Å². The molecule has 0 atom stereocenters. The molecule has 2 saturated heterocycles. The molecular weight excluding hydrogens is 630 g/mol. The maximum Gasteiger partial charge on any atom is 0.125 e. The maximum absolute atomic E-state index is 6.07. The Balaban J connectivity index is 0.000000884. The van der Waals surface area contributed by atoms with Crippen LogP contribution in [0.5, 0.6) is 5.75 Å². The molecule has 0 N–H and O–H groups in total. The molecule has 0 aliphatic carbocycles. The van der Waals surface area contributed by atoms with Crippen LogP contribution in [-0.2, 0) is 48.8 Å². The summed E-state index contributed by atoms with van der Waals surface area (Å²) < 4.78 is 16.2. The summed E-state index contributed by atoms with van der Waals surface area (Å²) in [7, 11) is 0. The van der Waals surface area contributed by atoms with Crippen LogP contribution >= 0.6 is 0 Å². The number of ether oxygens (including phenoxy) is 3. The van der Waals surface area contributed by atoms with E-state index in [2.05, 4.69) is 88.4 Å². The quantitative estimate of drug-likeness (QED) is 0.391. The van der Waals surface area contributed by atoms with E-state index in [-0.39, 0.29) is 57.5 Å². The van der Waals surface area contributed by atoms with Gasteiger partial charge in [-0.05, 0) is 106 Å². The Morgan fingerprint density at radius 1 is 0.659 bits per heavy atom. The fourth-order valence-electron chi connectivity index (χ4n) is 4.47. The summed E-state index contributed by atoms with van der Waals surface area (Å²) in [5, 5.41) is 0. The van der Waals surface area contributed by atoms with E-state index in [1.54, 1.807) is 0 Å². The van der Waals surface area contributed by atoms with Crippen LogP contribution in [0.15, 0.2) is 65.7 Å². The summed E-state index contributed by atoms with van der Waals surface area (Å²) in [6.45, 7) is 12.9. The minimum absolute atomic E-state index is 0. The number of rotatable bonds is 5. The number of halogens is 2. The second kappa shape index (κ2) is 23.2. The Labute approximate surface area is 285 Å². The Hall–Kier alpha value is -1.27. The monoisotopic (exact) mass is 674 g/mol. The van der Waals surface area contributed by atoms with Gasteiger partial charge >= 0.3 is 0 Å². The predicted molar refractivity (Wildman–Crippen MR) is 159 cm³/mol. The normalized spacial score (nSPS) is 14.0. The zero-order valence-electron chi connectivity index (χ0n) is 25.1. The molecule has 0 aromatic heterocycles. The number of aliphatic imine (C=N–C) groups is 1. The molecule has 0 saturated carbocycles. The molecule has 223 valence electrons. The number of para-hydroxylation sites is 2. The minimum atomic E-state index is 0. The Kier molecular flexibility index (Phi) is 22.5. The smallest absolute Gasteiger partial charge is 0.125 e. The van der Waals surface area contributed by atoms with Crippen molar-refractivity contribution < 1.29 is 71.7 Å².